The Labute approximate surface area is 108 Å². The minimum absolute atomic E-state index is 0.187. The van der Waals surface area contributed by atoms with Crippen LogP contribution in [0.4, 0.5) is 4.39 Å². The highest BCUT2D eigenvalue weighted by atomic mass is 35.7. The Hall–Kier alpha value is -1.59. The van der Waals surface area contributed by atoms with Crippen LogP contribution in [0.2, 0.25) is 0 Å². The lowest BCUT2D eigenvalue weighted by Gasteiger charge is -2.06. The lowest BCUT2D eigenvalue weighted by atomic mass is 10.0. The Morgan fingerprint density at radius 3 is 2.17 bits per heavy atom. The van der Waals surface area contributed by atoms with E-state index in [4.69, 9.17) is 10.7 Å². The first-order valence-electron chi connectivity index (χ1n) is 4.91. The molecule has 0 heterocycles. The molecule has 0 aliphatic rings. The van der Waals surface area contributed by atoms with E-state index in [1.54, 1.807) is 0 Å². The van der Waals surface area contributed by atoms with E-state index in [0.717, 1.165) is 6.07 Å². The SMILES string of the molecule is O=S(=O)(Cl)c1ccc(-c2ccc(F)cc2)c(O)c1. The fourth-order valence-electron chi connectivity index (χ4n) is 1.54. The quantitative estimate of drug-likeness (QED) is 0.863. The molecule has 18 heavy (non-hydrogen) atoms. The van der Waals surface area contributed by atoms with Gasteiger partial charge in [0.05, 0.1) is 4.90 Å². The summed E-state index contributed by atoms with van der Waals surface area (Å²) in [6, 6.07) is 9.22. The van der Waals surface area contributed by atoms with Crippen LogP contribution in [0.3, 0.4) is 0 Å². The lowest BCUT2D eigenvalue weighted by Crippen LogP contribution is -1.90. The van der Waals surface area contributed by atoms with Gasteiger partial charge in [0.1, 0.15) is 11.6 Å². The van der Waals surface area contributed by atoms with Crippen molar-refractivity contribution in [1.29, 1.82) is 0 Å². The first-order chi connectivity index (χ1) is 8.38. The average molecular weight is 287 g/mol. The molecule has 0 saturated heterocycles. The maximum absolute atomic E-state index is 12.8. The Kier molecular flexibility index (Phi) is 3.28. The van der Waals surface area contributed by atoms with Gasteiger partial charge in [-0.25, -0.2) is 12.8 Å². The van der Waals surface area contributed by atoms with Crippen LogP contribution in [0, 0.1) is 5.82 Å². The van der Waals surface area contributed by atoms with Gasteiger partial charge in [-0.3, -0.25) is 0 Å². The molecule has 1 N–H and O–H groups in total. The van der Waals surface area contributed by atoms with Crippen molar-refractivity contribution in [1.82, 2.24) is 0 Å². The normalized spacial score (nSPS) is 11.4. The largest absolute Gasteiger partial charge is 0.507 e. The number of hydrogen-bond acceptors (Lipinski definition) is 3. The molecule has 0 fully saturated rings. The fourth-order valence-corrected chi connectivity index (χ4v) is 2.31. The molecular formula is C12H8ClFO3S. The van der Waals surface area contributed by atoms with Crippen molar-refractivity contribution in [2.75, 3.05) is 0 Å². The maximum Gasteiger partial charge on any atom is 0.261 e. The summed E-state index contributed by atoms with van der Waals surface area (Å²) in [5, 5.41) is 9.76. The third-order valence-electron chi connectivity index (χ3n) is 2.41. The van der Waals surface area contributed by atoms with Crippen LogP contribution in [-0.2, 0) is 9.05 Å². The minimum atomic E-state index is -3.88. The number of phenolic OH excluding ortho intramolecular Hbond substituents is 1. The molecule has 0 aromatic heterocycles. The predicted molar refractivity (Wildman–Crippen MR) is 66.5 cm³/mol. The van der Waals surface area contributed by atoms with Crippen LogP contribution in [0.5, 0.6) is 5.75 Å². The third kappa shape index (κ3) is 2.63. The summed E-state index contributed by atoms with van der Waals surface area (Å²) in [5.74, 6) is -0.624. The van der Waals surface area contributed by atoms with Gasteiger partial charge in [-0.15, -0.1) is 0 Å². The molecule has 94 valence electrons. The molecule has 0 aliphatic carbocycles. The van der Waals surface area contributed by atoms with E-state index >= 15 is 0 Å². The van der Waals surface area contributed by atoms with Gasteiger partial charge in [0.15, 0.2) is 0 Å². The van der Waals surface area contributed by atoms with Gasteiger partial charge in [0.25, 0.3) is 9.05 Å². The van der Waals surface area contributed by atoms with Gasteiger partial charge in [-0.1, -0.05) is 12.1 Å². The van der Waals surface area contributed by atoms with Gasteiger partial charge in [-0.05, 0) is 29.8 Å². The van der Waals surface area contributed by atoms with Gasteiger partial charge >= 0.3 is 0 Å². The molecule has 0 spiro atoms. The molecule has 0 amide bonds. The Morgan fingerprint density at radius 1 is 1.06 bits per heavy atom. The fraction of sp³-hybridized carbons (Fsp3) is 0. The Bertz CT molecular complexity index is 681. The van der Waals surface area contributed by atoms with E-state index in [1.165, 1.54) is 36.4 Å². The third-order valence-corrected chi connectivity index (χ3v) is 3.76. The number of aromatic hydroxyl groups is 1. The first-order valence-corrected chi connectivity index (χ1v) is 7.22. The number of rotatable bonds is 2. The van der Waals surface area contributed by atoms with E-state index in [2.05, 4.69) is 0 Å². The van der Waals surface area contributed by atoms with Crippen molar-refractivity contribution in [2.24, 2.45) is 0 Å². The minimum Gasteiger partial charge on any atom is -0.507 e. The van der Waals surface area contributed by atoms with Gasteiger partial charge < -0.3 is 5.11 Å². The molecule has 6 heteroatoms. The van der Waals surface area contributed by atoms with Crippen molar-refractivity contribution >= 4 is 19.7 Å². The highest BCUT2D eigenvalue weighted by Gasteiger charge is 2.13. The molecule has 0 saturated carbocycles. The molecule has 2 aromatic carbocycles. The zero-order valence-electron chi connectivity index (χ0n) is 8.97. The van der Waals surface area contributed by atoms with Gasteiger partial charge in [0, 0.05) is 22.3 Å². The predicted octanol–water partition coefficient (Wildman–Crippen LogP) is 3.13. The van der Waals surface area contributed by atoms with Gasteiger partial charge in [0.2, 0.25) is 0 Å². The van der Waals surface area contributed by atoms with E-state index in [1.807, 2.05) is 0 Å². The monoisotopic (exact) mass is 286 g/mol. The molecule has 2 rings (SSSR count). The molecule has 0 bridgehead atoms. The topological polar surface area (TPSA) is 54.4 Å². The summed E-state index contributed by atoms with van der Waals surface area (Å²) < 4.78 is 34.9. The Morgan fingerprint density at radius 2 is 1.67 bits per heavy atom. The molecular weight excluding hydrogens is 279 g/mol. The maximum atomic E-state index is 12.8. The van der Waals surface area contributed by atoms with Crippen LogP contribution < -0.4 is 0 Å². The van der Waals surface area contributed by atoms with Crippen LogP contribution >= 0.6 is 10.7 Å². The number of hydrogen-bond donors (Lipinski definition) is 1. The second-order valence-corrected chi connectivity index (χ2v) is 6.19. The van der Waals surface area contributed by atoms with E-state index in [-0.39, 0.29) is 10.6 Å². The van der Waals surface area contributed by atoms with Gasteiger partial charge in [-0.2, -0.15) is 0 Å². The van der Waals surface area contributed by atoms with Crippen molar-refractivity contribution in [3.63, 3.8) is 0 Å². The molecule has 0 atom stereocenters. The summed E-state index contributed by atoms with van der Waals surface area (Å²) in [6.07, 6.45) is 0. The summed E-state index contributed by atoms with van der Waals surface area (Å²) in [4.78, 5) is -0.187. The molecule has 3 nitrogen and oxygen atoms in total. The molecule has 2 aromatic rings. The average Bonchev–Trinajstić information content (AvgIpc) is 2.29. The summed E-state index contributed by atoms with van der Waals surface area (Å²) >= 11 is 0. The van der Waals surface area contributed by atoms with Crippen LogP contribution in [0.25, 0.3) is 11.1 Å². The number of phenols is 1. The second-order valence-electron chi connectivity index (χ2n) is 3.62. The zero-order chi connectivity index (χ0) is 13.3. The number of benzene rings is 2. The van der Waals surface area contributed by atoms with E-state index in [0.29, 0.717) is 11.1 Å². The van der Waals surface area contributed by atoms with Crippen LogP contribution in [0.15, 0.2) is 47.4 Å². The van der Waals surface area contributed by atoms with Crippen molar-refractivity contribution < 1.29 is 17.9 Å². The van der Waals surface area contributed by atoms with Crippen LogP contribution in [-0.4, -0.2) is 13.5 Å². The zero-order valence-corrected chi connectivity index (χ0v) is 10.5. The van der Waals surface area contributed by atoms with Crippen molar-refractivity contribution in [3.8, 4) is 16.9 Å². The smallest absolute Gasteiger partial charge is 0.261 e. The van der Waals surface area contributed by atoms with E-state index in [9.17, 15) is 17.9 Å². The Balaban J connectivity index is 2.51. The standard InChI is InChI=1S/C12H8ClFO3S/c13-18(16,17)10-5-6-11(12(15)7-10)8-1-3-9(14)4-2-8/h1-7,15H. The molecule has 0 unspecified atom stereocenters. The lowest BCUT2D eigenvalue weighted by molar-refractivity contribution is 0.475. The van der Waals surface area contributed by atoms with Crippen LogP contribution in [0.1, 0.15) is 0 Å². The summed E-state index contributed by atoms with van der Waals surface area (Å²) in [7, 11) is 1.28. The number of halogens is 2. The second kappa shape index (κ2) is 4.59. The van der Waals surface area contributed by atoms with Crippen molar-refractivity contribution in [2.45, 2.75) is 4.90 Å². The first kappa shape index (κ1) is 12.9. The molecule has 0 radical (unpaired) electrons. The van der Waals surface area contributed by atoms with Crippen molar-refractivity contribution in [3.05, 3.63) is 48.3 Å². The highest BCUT2D eigenvalue weighted by Crippen LogP contribution is 2.32. The summed E-state index contributed by atoms with van der Waals surface area (Å²) in [6.45, 7) is 0. The summed E-state index contributed by atoms with van der Waals surface area (Å²) in [5.41, 5.74) is 0.978. The molecule has 0 aliphatic heterocycles. The highest BCUT2D eigenvalue weighted by molar-refractivity contribution is 8.13. The van der Waals surface area contributed by atoms with E-state index < -0.39 is 14.9 Å².